The summed E-state index contributed by atoms with van der Waals surface area (Å²) in [6, 6.07) is 6.66. The Morgan fingerprint density at radius 2 is 1.81 bits per heavy atom. The lowest BCUT2D eigenvalue weighted by atomic mass is 10.1. The van der Waals surface area contributed by atoms with E-state index >= 15 is 0 Å². The molecule has 0 saturated carbocycles. The van der Waals surface area contributed by atoms with Crippen molar-refractivity contribution in [1.82, 2.24) is 15.1 Å². The van der Waals surface area contributed by atoms with Crippen molar-refractivity contribution in [2.45, 2.75) is 25.4 Å². The van der Waals surface area contributed by atoms with Crippen molar-refractivity contribution in [2.24, 2.45) is 0 Å². The van der Waals surface area contributed by atoms with Gasteiger partial charge in [-0.25, -0.2) is 0 Å². The highest BCUT2D eigenvalue weighted by Crippen LogP contribution is 2.23. The zero-order chi connectivity index (χ0) is 14.7. The topological polar surface area (TPSA) is 18.5 Å². The molecule has 2 aliphatic heterocycles. The zero-order valence-electron chi connectivity index (χ0n) is 12.3. The maximum Gasteiger partial charge on any atom is 0.0595 e. The largest absolute Gasteiger partial charge is 0.313 e. The van der Waals surface area contributed by atoms with Crippen LogP contribution in [0, 0.1) is 0 Å². The number of hydrogen-bond acceptors (Lipinski definition) is 3. The van der Waals surface area contributed by atoms with E-state index in [0.717, 1.165) is 19.6 Å². The standard InChI is InChI=1S/C16H23Cl2N3/c17-15-4-3-13(10-16(15)18)11-20-6-8-21(9-7-20)12-14-2-1-5-19-14/h3-4,10,14,19H,1-2,5-9,11-12H2/t14-/m1/s1. The number of hydrogen-bond donors (Lipinski definition) is 1. The van der Waals surface area contributed by atoms with Crippen LogP contribution in [0.3, 0.4) is 0 Å². The first-order valence-electron chi connectivity index (χ1n) is 7.83. The lowest BCUT2D eigenvalue weighted by Gasteiger charge is -2.36. The average Bonchev–Trinajstić information content (AvgIpc) is 2.98. The number of nitrogens with one attached hydrogen (secondary N) is 1. The fraction of sp³-hybridized carbons (Fsp3) is 0.625. The molecule has 1 aromatic rings. The van der Waals surface area contributed by atoms with E-state index in [-0.39, 0.29) is 0 Å². The van der Waals surface area contributed by atoms with Gasteiger partial charge >= 0.3 is 0 Å². The van der Waals surface area contributed by atoms with E-state index in [0.29, 0.717) is 16.1 Å². The molecule has 2 heterocycles. The molecule has 21 heavy (non-hydrogen) atoms. The van der Waals surface area contributed by atoms with Crippen LogP contribution < -0.4 is 5.32 Å². The van der Waals surface area contributed by atoms with Crippen molar-refractivity contribution in [3.8, 4) is 0 Å². The fourth-order valence-corrected chi connectivity index (χ4v) is 3.57. The molecule has 0 unspecified atom stereocenters. The zero-order valence-corrected chi connectivity index (χ0v) is 13.8. The first-order valence-corrected chi connectivity index (χ1v) is 8.58. The summed E-state index contributed by atoms with van der Waals surface area (Å²) in [5, 5.41) is 4.87. The van der Waals surface area contributed by atoms with Gasteiger partial charge in [0.15, 0.2) is 0 Å². The van der Waals surface area contributed by atoms with Gasteiger partial charge in [-0.2, -0.15) is 0 Å². The molecule has 0 radical (unpaired) electrons. The van der Waals surface area contributed by atoms with Crippen LogP contribution in [0.1, 0.15) is 18.4 Å². The molecule has 3 rings (SSSR count). The molecule has 116 valence electrons. The number of nitrogens with zero attached hydrogens (tertiary/aromatic N) is 2. The molecule has 1 aromatic carbocycles. The normalized spacial score (nSPS) is 24.6. The number of rotatable bonds is 4. The van der Waals surface area contributed by atoms with E-state index in [2.05, 4.69) is 21.2 Å². The summed E-state index contributed by atoms with van der Waals surface area (Å²) in [6.07, 6.45) is 2.67. The van der Waals surface area contributed by atoms with E-state index in [9.17, 15) is 0 Å². The van der Waals surface area contributed by atoms with Gasteiger partial charge in [0.25, 0.3) is 0 Å². The van der Waals surface area contributed by atoms with E-state index < -0.39 is 0 Å². The van der Waals surface area contributed by atoms with Crippen molar-refractivity contribution >= 4 is 23.2 Å². The van der Waals surface area contributed by atoms with Gasteiger partial charge in [-0.3, -0.25) is 9.80 Å². The lowest BCUT2D eigenvalue weighted by molar-refractivity contribution is 0.120. The van der Waals surface area contributed by atoms with E-state index in [1.807, 2.05) is 12.1 Å². The smallest absolute Gasteiger partial charge is 0.0595 e. The van der Waals surface area contributed by atoms with E-state index in [1.165, 1.54) is 44.6 Å². The second-order valence-electron chi connectivity index (χ2n) is 6.12. The highest BCUT2D eigenvalue weighted by molar-refractivity contribution is 6.42. The molecule has 0 spiro atoms. The minimum atomic E-state index is 0.634. The minimum Gasteiger partial charge on any atom is -0.313 e. The SMILES string of the molecule is Clc1ccc(CN2CCN(C[C@H]3CCCN3)CC2)cc1Cl. The Bertz CT molecular complexity index is 467. The van der Waals surface area contributed by atoms with Gasteiger partial charge in [0, 0.05) is 45.3 Å². The second kappa shape index (κ2) is 7.30. The molecule has 1 N–H and O–H groups in total. The lowest BCUT2D eigenvalue weighted by Crippen LogP contribution is -2.49. The maximum absolute atomic E-state index is 6.08. The second-order valence-corrected chi connectivity index (χ2v) is 6.93. The summed E-state index contributed by atoms with van der Waals surface area (Å²) in [5.41, 5.74) is 1.25. The van der Waals surface area contributed by atoms with Crippen molar-refractivity contribution < 1.29 is 0 Å². The number of halogens is 2. The van der Waals surface area contributed by atoms with Crippen LogP contribution in [0.4, 0.5) is 0 Å². The molecule has 2 saturated heterocycles. The van der Waals surface area contributed by atoms with Crippen LogP contribution in [0.25, 0.3) is 0 Å². The van der Waals surface area contributed by atoms with Gasteiger partial charge < -0.3 is 5.32 Å². The Morgan fingerprint density at radius 1 is 1.05 bits per heavy atom. The van der Waals surface area contributed by atoms with Gasteiger partial charge in [0.2, 0.25) is 0 Å². The molecule has 3 nitrogen and oxygen atoms in total. The van der Waals surface area contributed by atoms with Crippen molar-refractivity contribution in [3.05, 3.63) is 33.8 Å². The molecule has 1 atom stereocenters. The fourth-order valence-electron chi connectivity index (χ4n) is 3.25. The first kappa shape index (κ1) is 15.6. The predicted octanol–water partition coefficient (Wildman–Crippen LogP) is 2.86. The third-order valence-electron chi connectivity index (χ3n) is 4.50. The average molecular weight is 328 g/mol. The van der Waals surface area contributed by atoms with Gasteiger partial charge in [-0.1, -0.05) is 29.3 Å². The maximum atomic E-state index is 6.08. The molecule has 0 bridgehead atoms. The van der Waals surface area contributed by atoms with Crippen LogP contribution in [-0.4, -0.2) is 55.1 Å². The minimum absolute atomic E-state index is 0.634. The summed E-state index contributed by atoms with van der Waals surface area (Å²) in [4.78, 5) is 5.09. The molecule has 2 aliphatic rings. The molecular formula is C16H23Cl2N3. The van der Waals surface area contributed by atoms with E-state index in [4.69, 9.17) is 23.2 Å². The van der Waals surface area contributed by atoms with Gasteiger partial charge in [-0.05, 0) is 37.1 Å². The summed E-state index contributed by atoms with van der Waals surface area (Å²) in [7, 11) is 0. The van der Waals surface area contributed by atoms with Gasteiger partial charge in [0.1, 0.15) is 0 Å². The van der Waals surface area contributed by atoms with Crippen LogP contribution in [0.2, 0.25) is 10.0 Å². The van der Waals surface area contributed by atoms with Crippen LogP contribution in [0.15, 0.2) is 18.2 Å². The quantitative estimate of drug-likeness (QED) is 0.917. The molecule has 0 aromatic heterocycles. The van der Waals surface area contributed by atoms with Crippen molar-refractivity contribution in [2.75, 3.05) is 39.3 Å². The molecule has 0 amide bonds. The Labute approximate surface area is 137 Å². The molecule has 2 fully saturated rings. The number of piperazine rings is 1. The summed E-state index contributed by atoms with van der Waals surface area (Å²) in [6.45, 7) is 7.97. The van der Waals surface area contributed by atoms with Crippen LogP contribution in [0.5, 0.6) is 0 Å². The first-order chi connectivity index (χ1) is 10.2. The Morgan fingerprint density at radius 3 is 2.48 bits per heavy atom. The highest BCUT2D eigenvalue weighted by Gasteiger charge is 2.21. The van der Waals surface area contributed by atoms with Crippen LogP contribution >= 0.6 is 23.2 Å². The molecule has 0 aliphatic carbocycles. The Hall–Kier alpha value is -0.320. The molecular weight excluding hydrogens is 305 g/mol. The monoisotopic (exact) mass is 327 g/mol. The van der Waals surface area contributed by atoms with Gasteiger partial charge in [0.05, 0.1) is 10.0 Å². The third kappa shape index (κ3) is 4.33. The van der Waals surface area contributed by atoms with Crippen LogP contribution in [-0.2, 0) is 6.54 Å². The summed E-state index contributed by atoms with van der Waals surface area (Å²) in [5.74, 6) is 0. The van der Waals surface area contributed by atoms with Crippen molar-refractivity contribution in [1.29, 1.82) is 0 Å². The van der Waals surface area contributed by atoms with Gasteiger partial charge in [-0.15, -0.1) is 0 Å². The Kier molecular flexibility index (Phi) is 5.41. The summed E-state index contributed by atoms with van der Waals surface area (Å²) >= 11 is 12.0. The predicted molar refractivity (Wildman–Crippen MR) is 89.2 cm³/mol. The highest BCUT2D eigenvalue weighted by atomic mass is 35.5. The van der Waals surface area contributed by atoms with Crippen molar-refractivity contribution in [3.63, 3.8) is 0 Å². The third-order valence-corrected chi connectivity index (χ3v) is 5.24. The molecule has 5 heteroatoms. The number of benzene rings is 1. The van der Waals surface area contributed by atoms with E-state index in [1.54, 1.807) is 0 Å². The Balaban J connectivity index is 1.45. The summed E-state index contributed by atoms with van der Waals surface area (Å²) < 4.78 is 0.